The van der Waals surface area contributed by atoms with Gasteiger partial charge in [0.25, 0.3) is 0 Å². The van der Waals surface area contributed by atoms with Gasteiger partial charge >= 0.3 is 0 Å². The first-order chi connectivity index (χ1) is 4.52. The van der Waals surface area contributed by atoms with Crippen molar-refractivity contribution in [1.82, 2.24) is 0 Å². The number of ether oxygens (including phenoxy) is 2. The van der Waals surface area contributed by atoms with Gasteiger partial charge in [-0.25, -0.2) is 0 Å². The predicted octanol–water partition coefficient (Wildman–Crippen LogP) is -0.964. The van der Waals surface area contributed by atoms with Crippen LogP contribution in [0.25, 0.3) is 0 Å². The lowest BCUT2D eigenvalue weighted by Crippen LogP contribution is -2.37. The van der Waals surface area contributed by atoms with E-state index in [2.05, 4.69) is 0 Å². The zero-order valence-electron chi connectivity index (χ0n) is 7.18. The zero-order valence-corrected chi connectivity index (χ0v) is 9.18. The third kappa shape index (κ3) is 4.00. The normalized spacial score (nSPS) is 20.4. The number of hydrogen-bond acceptors (Lipinski definition) is 3. The molecule has 0 spiro atoms. The average Bonchev–Trinajstić information content (AvgIpc) is 1.87. The fourth-order valence-corrected chi connectivity index (χ4v) is 1.05. The smallest absolute Gasteiger partial charge is 0.107 e. The number of nitrogens with two attached hydrogens (primary N) is 1. The lowest BCUT2D eigenvalue weighted by atomic mass is 10.2. The van der Waals surface area contributed by atoms with Crippen molar-refractivity contribution in [1.29, 1.82) is 0 Å². The predicted molar refractivity (Wildman–Crippen MR) is 45.0 cm³/mol. The molecule has 10 heavy (non-hydrogen) atoms. The Morgan fingerprint density at radius 2 is 2.10 bits per heavy atom. The minimum absolute atomic E-state index is 0.0462. The molecule has 0 aliphatic carbocycles. The molecule has 0 radical (unpaired) electrons. The molecular formula is C6H17NO2Si. The molecule has 0 amide bonds. The first-order valence-corrected chi connectivity index (χ1v) is 4.35. The SMILES string of the molecule is COC(N)CC(C)([SiH3])OC. The van der Waals surface area contributed by atoms with E-state index in [1.807, 2.05) is 6.92 Å². The van der Waals surface area contributed by atoms with Gasteiger partial charge in [0.15, 0.2) is 0 Å². The van der Waals surface area contributed by atoms with Gasteiger partial charge in [0.2, 0.25) is 0 Å². The Labute approximate surface area is 65.3 Å². The molecule has 0 aromatic carbocycles. The Hall–Kier alpha value is 0.0969. The van der Waals surface area contributed by atoms with Crippen LogP contribution in [0.3, 0.4) is 0 Å². The number of methoxy groups -OCH3 is 2. The Morgan fingerprint density at radius 3 is 2.40 bits per heavy atom. The van der Waals surface area contributed by atoms with Gasteiger partial charge in [-0.2, -0.15) is 0 Å². The van der Waals surface area contributed by atoms with Gasteiger partial charge in [0.05, 0.1) is 0 Å². The second-order valence-electron chi connectivity index (χ2n) is 2.94. The third-order valence-corrected chi connectivity index (χ3v) is 2.36. The molecule has 0 saturated carbocycles. The fraction of sp³-hybridized carbons (Fsp3) is 1.00. The highest BCUT2D eigenvalue weighted by molar-refractivity contribution is 6.14. The Kier molecular flexibility index (Phi) is 4.11. The first kappa shape index (κ1) is 10.1. The van der Waals surface area contributed by atoms with Crippen LogP contribution in [0.2, 0.25) is 0 Å². The molecular weight excluding hydrogens is 146 g/mol. The van der Waals surface area contributed by atoms with E-state index in [-0.39, 0.29) is 11.5 Å². The van der Waals surface area contributed by atoms with Crippen LogP contribution in [0, 0.1) is 0 Å². The summed E-state index contributed by atoms with van der Waals surface area (Å²) in [6, 6.07) is 0. The van der Waals surface area contributed by atoms with E-state index in [4.69, 9.17) is 15.2 Å². The molecule has 0 aliphatic rings. The molecule has 4 heteroatoms. The van der Waals surface area contributed by atoms with Gasteiger partial charge in [0.1, 0.15) is 6.23 Å². The molecule has 0 fully saturated rings. The summed E-state index contributed by atoms with van der Waals surface area (Å²) >= 11 is 0. The number of hydrogen-bond donors (Lipinski definition) is 1. The summed E-state index contributed by atoms with van der Waals surface area (Å²) < 4.78 is 10.1. The van der Waals surface area contributed by atoms with E-state index in [0.29, 0.717) is 0 Å². The van der Waals surface area contributed by atoms with Gasteiger partial charge < -0.3 is 15.2 Å². The molecule has 2 atom stereocenters. The molecule has 2 unspecified atom stereocenters. The highest BCUT2D eigenvalue weighted by Crippen LogP contribution is 2.10. The lowest BCUT2D eigenvalue weighted by Gasteiger charge is -2.25. The second kappa shape index (κ2) is 4.08. The largest absolute Gasteiger partial charge is 0.383 e. The van der Waals surface area contributed by atoms with Crippen molar-refractivity contribution in [3.63, 3.8) is 0 Å². The maximum Gasteiger partial charge on any atom is 0.107 e. The molecule has 62 valence electrons. The van der Waals surface area contributed by atoms with Gasteiger partial charge in [0, 0.05) is 36.1 Å². The summed E-state index contributed by atoms with van der Waals surface area (Å²) in [4.78, 5) is 0. The van der Waals surface area contributed by atoms with Gasteiger partial charge in [-0.05, 0) is 6.92 Å². The summed E-state index contributed by atoms with van der Waals surface area (Å²) in [6.45, 7) is 2.04. The molecule has 3 nitrogen and oxygen atoms in total. The average molecular weight is 163 g/mol. The molecule has 2 N–H and O–H groups in total. The van der Waals surface area contributed by atoms with Gasteiger partial charge in [-0.3, -0.25) is 0 Å². The highest BCUT2D eigenvalue weighted by atomic mass is 28.1. The summed E-state index contributed by atoms with van der Waals surface area (Å²) in [5.41, 5.74) is 5.55. The summed E-state index contributed by atoms with van der Waals surface area (Å²) in [6.07, 6.45) is 0.578. The van der Waals surface area contributed by atoms with Crippen LogP contribution >= 0.6 is 0 Å². The Bertz CT molecular complexity index is 97.7. The van der Waals surface area contributed by atoms with E-state index in [1.54, 1.807) is 14.2 Å². The van der Waals surface area contributed by atoms with E-state index in [9.17, 15) is 0 Å². The van der Waals surface area contributed by atoms with Crippen molar-refractivity contribution in [2.75, 3.05) is 14.2 Å². The maximum absolute atomic E-state index is 5.55. The van der Waals surface area contributed by atoms with Crippen LogP contribution in [0.5, 0.6) is 0 Å². The molecule has 0 bridgehead atoms. The zero-order chi connectivity index (χ0) is 8.20. The van der Waals surface area contributed by atoms with Crippen molar-refractivity contribution in [2.45, 2.75) is 24.8 Å². The quantitative estimate of drug-likeness (QED) is 0.429. The lowest BCUT2D eigenvalue weighted by molar-refractivity contribution is 0.0102. The monoisotopic (exact) mass is 163 g/mol. The molecule has 0 heterocycles. The van der Waals surface area contributed by atoms with Crippen LogP contribution in [-0.2, 0) is 9.47 Å². The van der Waals surface area contributed by atoms with Gasteiger partial charge in [-0.1, -0.05) is 0 Å². The Balaban J connectivity index is 3.64. The molecule has 0 saturated heterocycles. The van der Waals surface area contributed by atoms with Crippen molar-refractivity contribution in [3.05, 3.63) is 0 Å². The van der Waals surface area contributed by atoms with E-state index < -0.39 is 0 Å². The fourth-order valence-electron chi connectivity index (χ4n) is 0.651. The second-order valence-corrected chi connectivity index (χ2v) is 5.06. The third-order valence-electron chi connectivity index (χ3n) is 1.55. The Morgan fingerprint density at radius 1 is 1.60 bits per heavy atom. The number of rotatable bonds is 4. The highest BCUT2D eigenvalue weighted by Gasteiger charge is 2.19. The van der Waals surface area contributed by atoms with E-state index in [1.165, 1.54) is 0 Å². The summed E-state index contributed by atoms with van der Waals surface area (Å²) in [5, 5.41) is -0.0462. The molecule has 0 aliphatic heterocycles. The van der Waals surface area contributed by atoms with Crippen LogP contribution in [0.1, 0.15) is 13.3 Å². The standard InChI is InChI=1S/C6H17NO2Si/c1-6(10,9-3)4-5(7)8-2/h5H,4,7H2,1-3,10H3. The maximum atomic E-state index is 5.55. The molecule has 0 aromatic heterocycles. The molecule has 0 rings (SSSR count). The molecule has 0 aromatic rings. The summed E-state index contributed by atoms with van der Waals surface area (Å²) in [7, 11) is 4.28. The van der Waals surface area contributed by atoms with Gasteiger partial charge in [-0.15, -0.1) is 0 Å². The minimum Gasteiger partial charge on any atom is -0.383 e. The van der Waals surface area contributed by atoms with Crippen molar-refractivity contribution >= 4 is 10.2 Å². The minimum atomic E-state index is -0.192. The van der Waals surface area contributed by atoms with Crippen LogP contribution in [0.4, 0.5) is 0 Å². The first-order valence-electron chi connectivity index (χ1n) is 3.35. The van der Waals surface area contributed by atoms with Crippen LogP contribution < -0.4 is 5.73 Å². The van der Waals surface area contributed by atoms with E-state index in [0.717, 1.165) is 16.7 Å². The topological polar surface area (TPSA) is 44.5 Å². The summed E-state index contributed by atoms with van der Waals surface area (Å²) in [5.74, 6) is 0. The van der Waals surface area contributed by atoms with Crippen molar-refractivity contribution in [3.8, 4) is 0 Å². The van der Waals surface area contributed by atoms with Crippen LogP contribution in [0.15, 0.2) is 0 Å². The van der Waals surface area contributed by atoms with Crippen molar-refractivity contribution < 1.29 is 9.47 Å². The van der Waals surface area contributed by atoms with Crippen molar-refractivity contribution in [2.24, 2.45) is 5.73 Å². The van der Waals surface area contributed by atoms with Crippen LogP contribution in [-0.4, -0.2) is 35.9 Å². The van der Waals surface area contributed by atoms with E-state index >= 15 is 0 Å².